The minimum atomic E-state index is -1.04. The van der Waals surface area contributed by atoms with Crippen molar-refractivity contribution in [3.05, 3.63) is 29.8 Å². The topological polar surface area (TPSA) is 125 Å². The fraction of sp³-hybridized carbons (Fsp3) is 0.778. The van der Waals surface area contributed by atoms with E-state index >= 15 is 0 Å². The number of carbonyl (C=O) groups is 4. The Hall–Kier alpha value is -2.94. The predicted molar refractivity (Wildman–Crippen MR) is 215 cm³/mol. The first kappa shape index (κ1) is 49.1. The maximum absolute atomic E-state index is 12.6. The summed E-state index contributed by atoms with van der Waals surface area (Å²) in [4.78, 5) is 50.0. The summed E-state index contributed by atoms with van der Waals surface area (Å²) in [5, 5.41) is 9.19. The summed E-state index contributed by atoms with van der Waals surface area (Å²) in [6.45, 7) is 3.80. The zero-order valence-corrected chi connectivity index (χ0v) is 34.2. The maximum Gasteiger partial charge on any atom is 0.322 e. The quantitative estimate of drug-likeness (QED) is 0.0232. The smallest absolute Gasteiger partial charge is 0.322 e. The molecule has 0 aromatic heterocycles. The molecule has 0 spiro atoms. The summed E-state index contributed by atoms with van der Waals surface area (Å²) < 4.78 is 21.4. The standard InChI is InChI=1S/C45H76O9/c1-3-5-7-9-11-13-15-17-19-21-23-25-27-29-42(47)51-37-41(54-45(50)35-44(49)53-40-33-31-39(36-46)32-34-40)38-52-43(48)30-28-26-24-22-20-18-16-14-12-10-8-6-4-2/h31-34,41,46H,3-30,35-38H2,1-2H3. The lowest BCUT2D eigenvalue weighted by Gasteiger charge is -2.18. The Balaban J connectivity index is 2.36. The van der Waals surface area contributed by atoms with Crippen LogP contribution in [0.2, 0.25) is 0 Å². The minimum Gasteiger partial charge on any atom is -0.462 e. The molecule has 0 fully saturated rings. The second-order valence-electron chi connectivity index (χ2n) is 14.9. The number of esters is 4. The van der Waals surface area contributed by atoms with E-state index in [1.165, 1.54) is 141 Å². The van der Waals surface area contributed by atoms with Crippen molar-refractivity contribution in [1.82, 2.24) is 0 Å². The first-order valence-corrected chi connectivity index (χ1v) is 21.8. The molecule has 310 valence electrons. The Morgan fingerprint density at radius 3 is 1.19 bits per heavy atom. The molecule has 0 radical (unpaired) electrons. The number of hydrogen-bond acceptors (Lipinski definition) is 9. The Morgan fingerprint density at radius 2 is 0.833 bits per heavy atom. The van der Waals surface area contributed by atoms with E-state index in [0.717, 1.165) is 38.5 Å². The van der Waals surface area contributed by atoms with Crippen molar-refractivity contribution in [1.29, 1.82) is 0 Å². The summed E-state index contributed by atoms with van der Waals surface area (Å²) in [7, 11) is 0. The molecule has 0 bridgehead atoms. The number of unbranched alkanes of at least 4 members (excludes halogenated alkanes) is 24. The van der Waals surface area contributed by atoms with Gasteiger partial charge in [-0.3, -0.25) is 19.2 Å². The van der Waals surface area contributed by atoms with Gasteiger partial charge in [0.25, 0.3) is 0 Å². The highest BCUT2D eigenvalue weighted by atomic mass is 16.6. The fourth-order valence-corrected chi connectivity index (χ4v) is 6.38. The molecule has 0 aliphatic heterocycles. The molecular weight excluding hydrogens is 684 g/mol. The van der Waals surface area contributed by atoms with Crippen LogP contribution < -0.4 is 4.74 Å². The van der Waals surface area contributed by atoms with E-state index < -0.39 is 36.4 Å². The first-order valence-electron chi connectivity index (χ1n) is 21.8. The number of rotatable bonds is 37. The zero-order valence-electron chi connectivity index (χ0n) is 34.2. The van der Waals surface area contributed by atoms with Crippen LogP contribution in [0.3, 0.4) is 0 Å². The average Bonchev–Trinajstić information content (AvgIpc) is 3.16. The van der Waals surface area contributed by atoms with Gasteiger partial charge in [0.1, 0.15) is 25.4 Å². The molecule has 1 aromatic carbocycles. The Labute approximate surface area is 328 Å². The molecular formula is C45H76O9. The minimum absolute atomic E-state index is 0.143. The molecule has 0 atom stereocenters. The molecule has 1 aromatic rings. The number of ether oxygens (including phenoxy) is 4. The van der Waals surface area contributed by atoms with E-state index in [0.29, 0.717) is 5.56 Å². The highest BCUT2D eigenvalue weighted by molar-refractivity contribution is 5.92. The van der Waals surface area contributed by atoms with Crippen LogP contribution in [0, 0.1) is 0 Å². The van der Waals surface area contributed by atoms with Crippen molar-refractivity contribution in [2.24, 2.45) is 0 Å². The highest BCUT2D eigenvalue weighted by Gasteiger charge is 2.22. The van der Waals surface area contributed by atoms with Crippen LogP contribution in [-0.2, 0) is 40.0 Å². The van der Waals surface area contributed by atoms with Gasteiger partial charge in [-0.1, -0.05) is 180 Å². The Kier molecular flexibility index (Phi) is 32.5. The monoisotopic (exact) mass is 761 g/mol. The van der Waals surface area contributed by atoms with Crippen molar-refractivity contribution in [2.75, 3.05) is 13.2 Å². The highest BCUT2D eigenvalue weighted by Crippen LogP contribution is 2.16. The van der Waals surface area contributed by atoms with Gasteiger partial charge in [0.2, 0.25) is 0 Å². The average molecular weight is 761 g/mol. The van der Waals surface area contributed by atoms with Gasteiger partial charge in [-0.05, 0) is 30.5 Å². The second kappa shape index (κ2) is 35.7. The SMILES string of the molecule is CCCCCCCCCCCCCCCC(=O)OCC(COC(=O)CCCCCCCCCCCCCCC)OC(=O)CC(=O)Oc1ccc(CO)cc1. The van der Waals surface area contributed by atoms with Gasteiger partial charge in [-0.15, -0.1) is 0 Å². The van der Waals surface area contributed by atoms with Gasteiger partial charge in [-0.2, -0.15) is 0 Å². The third-order valence-corrected chi connectivity index (χ3v) is 9.75. The van der Waals surface area contributed by atoms with Gasteiger partial charge in [0.05, 0.1) is 6.61 Å². The Morgan fingerprint density at radius 1 is 0.481 bits per heavy atom. The van der Waals surface area contributed by atoms with Gasteiger partial charge in [-0.25, -0.2) is 0 Å². The summed E-state index contributed by atoms with van der Waals surface area (Å²) in [6, 6.07) is 6.25. The van der Waals surface area contributed by atoms with E-state index in [4.69, 9.17) is 18.9 Å². The summed E-state index contributed by atoms with van der Waals surface area (Å²) in [6.07, 6.45) is 30.3. The summed E-state index contributed by atoms with van der Waals surface area (Å²) in [5.41, 5.74) is 0.657. The van der Waals surface area contributed by atoms with E-state index in [9.17, 15) is 24.3 Å². The molecule has 0 saturated heterocycles. The number of benzene rings is 1. The van der Waals surface area contributed by atoms with E-state index in [2.05, 4.69) is 13.8 Å². The van der Waals surface area contributed by atoms with Crippen molar-refractivity contribution in [3.8, 4) is 5.75 Å². The largest absolute Gasteiger partial charge is 0.462 e. The molecule has 9 heteroatoms. The van der Waals surface area contributed by atoms with E-state index in [1.807, 2.05) is 0 Å². The molecule has 0 aliphatic rings. The van der Waals surface area contributed by atoms with Gasteiger partial charge >= 0.3 is 23.9 Å². The molecule has 0 amide bonds. The maximum atomic E-state index is 12.6. The lowest BCUT2D eigenvalue weighted by atomic mass is 10.0. The number of aliphatic hydroxyl groups is 1. The van der Waals surface area contributed by atoms with Crippen molar-refractivity contribution in [2.45, 2.75) is 213 Å². The number of aliphatic hydroxyl groups excluding tert-OH is 1. The van der Waals surface area contributed by atoms with Gasteiger partial charge in [0.15, 0.2) is 6.10 Å². The number of carbonyl (C=O) groups excluding carboxylic acids is 4. The predicted octanol–water partition coefficient (Wildman–Crippen LogP) is 11.4. The molecule has 54 heavy (non-hydrogen) atoms. The van der Waals surface area contributed by atoms with Crippen LogP contribution in [0.4, 0.5) is 0 Å². The molecule has 1 N–H and O–H groups in total. The van der Waals surface area contributed by atoms with Crippen molar-refractivity contribution < 1.29 is 43.2 Å². The van der Waals surface area contributed by atoms with Crippen LogP contribution in [0.5, 0.6) is 5.75 Å². The normalized spacial score (nSPS) is 11.1. The lowest BCUT2D eigenvalue weighted by Crippen LogP contribution is -2.32. The van der Waals surface area contributed by atoms with Crippen molar-refractivity contribution in [3.63, 3.8) is 0 Å². The number of hydrogen-bond donors (Lipinski definition) is 1. The summed E-state index contributed by atoms with van der Waals surface area (Å²) >= 11 is 0. The van der Waals surface area contributed by atoms with Crippen LogP contribution in [0.1, 0.15) is 206 Å². The fourth-order valence-electron chi connectivity index (χ4n) is 6.38. The molecule has 0 saturated carbocycles. The first-order chi connectivity index (χ1) is 26.4. The van der Waals surface area contributed by atoms with Gasteiger partial charge < -0.3 is 24.1 Å². The second-order valence-corrected chi connectivity index (χ2v) is 14.9. The molecule has 0 aliphatic carbocycles. The van der Waals surface area contributed by atoms with Gasteiger partial charge in [0, 0.05) is 12.8 Å². The molecule has 1 rings (SSSR count). The molecule has 9 nitrogen and oxygen atoms in total. The molecule has 0 heterocycles. The Bertz CT molecular complexity index is 1030. The van der Waals surface area contributed by atoms with E-state index in [-0.39, 0.29) is 38.4 Å². The van der Waals surface area contributed by atoms with Crippen molar-refractivity contribution >= 4 is 23.9 Å². The van der Waals surface area contributed by atoms with Crippen LogP contribution in [0.15, 0.2) is 24.3 Å². The van der Waals surface area contributed by atoms with Crippen LogP contribution >= 0.6 is 0 Å². The molecule has 0 unspecified atom stereocenters. The zero-order chi connectivity index (χ0) is 39.3. The third-order valence-electron chi connectivity index (χ3n) is 9.75. The summed E-state index contributed by atoms with van der Waals surface area (Å²) in [5.74, 6) is -2.27. The van der Waals surface area contributed by atoms with Crippen LogP contribution in [0.25, 0.3) is 0 Å². The van der Waals surface area contributed by atoms with Crippen LogP contribution in [-0.4, -0.2) is 48.3 Å². The third kappa shape index (κ3) is 30.4. The van der Waals surface area contributed by atoms with E-state index in [1.54, 1.807) is 12.1 Å². The lowest BCUT2D eigenvalue weighted by molar-refractivity contribution is -0.168.